The molecule has 1 rings (SSSR count). The van der Waals surface area contributed by atoms with Gasteiger partial charge < -0.3 is 0 Å². The average molecular weight is 255 g/mol. The van der Waals surface area contributed by atoms with Gasteiger partial charge in [-0.3, -0.25) is 9.52 Å². The number of hydrogen-bond donors (Lipinski definition) is 1. The molecule has 0 saturated heterocycles. The Labute approximate surface area is 102 Å². The van der Waals surface area contributed by atoms with Crippen molar-refractivity contribution in [3.05, 3.63) is 35.9 Å². The van der Waals surface area contributed by atoms with E-state index in [1.807, 2.05) is 30.3 Å². The Hall–Kier alpha value is -1.36. The van der Waals surface area contributed by atoms with E-state index in [9.17, 15) is 13.2 Å². The Morgan fingerprint density at radius 1 is 1.24 bits per heavy atom. The number of hydrogen-bond acceptors (Lipinski definition) is 3. The van der Waals surface area contributed by atoms with Gasteiger partial charge in [0, 0.05) is 5.92 Å². The lowest BCUT2D eigenvalue weighted by atomic mass is 10.2. The Balaban J connectivity index is 2.54. The molecule has 0 aliphatic heterocycles. The maximum Gasteiger partial charge on any atom is 0.235 e. The Bertz CT molecular complexity index is 466. The highest BCUT2D eigenvalue weighted by Crippen LogP contribution is 2.02. The fourth-order valence-electron chi connectivity index (χ4n) is 1.22. The van der Waals surface area contributed by atoms with Gasteiger partial charge in [-0.2, -0.15) is 0 Å². The van der Waals surface area contributed by atoms with Crippen LogP contribution in [0.4, 0.5) is 0 Å². The molecule has 94 valence electrons. The lowest BCUT2D eigenvalue weighted by molar-refractivity contribution is -0.122. The summed E-state index contributed by atoms with van der Waals surface area (Å²) in [4.78, 5) is 11.3. The number of amides is 1. The maximum atomic E-state index is 11.6. The van der Waals surface area contributed by atoms with Crippen LogP contribution >= 0.6 is 0 Å². The molecule has 1 aromatic carbocycles. The molecule has 0 fully saturated rings. The summed E-state index contributed by atoms with van der Waals surface area (Å²) in [6, 6.07) is 9.31. The van der Waals surface area contributed by atoms with Crippen molar-refractivity contribution in [3.63, 3.8) is 0 Å². The van der Waals surface area contributed by atoms with Crippen molar-refractivity contribution < 1.29 is 13.2 Å². The summed E-state index contributed by atoms with van der Waals surface area (Å²) in [5.41, 5.74) is 0.940. The highest BCUT2D eigenvalue weighted by atomic mass is 32.2. The second-order valence-corrected chi connectivity index (χ2v) is 6.02. The lowest BCUT2D eigenvalue weighted by Gasteiger charge is -2.08. The third-order valence-corrected chi connectivity index (χ3v) is 3.54. The minimum absolute atomic E-state index is 0.0739. The molecule has 0 heterocycles. The first kappa shape index (κ1) is 13.7. The van der Waals surface area contributed by atoms with E-state index in [1.165, 1.54) is 0 Å². The van der Waals surface area contributed by atoms with Gasteiger partial charge >= 0.3 is 0 Å². The van der Waals surface area contributed by atoms with Gasteiger partial charge in [0.25, 0.3) is 0 Å². The number of carbonyl (C=O) groups excluding carboxylic acids is 1. The van der Waals surface area contributed by atoms with Crippen LogP contribution in [0.25, 0.3) is 0 Å². The highest BCUT2D eigenvalue weighted by molar-refractivity contribution is 7.90. The van der Waals surface area contributed by atoms with Crippen LogP contribution in [0.3, 0.4) is 0 Å². The second kappa shape index (κ2) is 5.82. The molecule has 1 amide bonds. The summed E-state index contributed by atoms with van der Waals surface area (Å²) in [5.74, 6) is -0.866. The molecule has 5 heteroatoms. The molecular formula is C12H17NO3S. The van der Waals surface area contributed by atoms with Crippen molar-refractivity contribution in [2.24, 2.45) is 5.92 Å². The molecule has 0 aliphatic rings. The minimum Gasteiger partial charge on any atom is -0.274 e. The third kappa shape index (κ3) is 4.99. The summed E-state index contributed by atoms with van der Waals surface area (Å²) >= 11 is 0. The third-order valence-electron chi connectivity index (χ3n) is 2.28. The van der Waals surface area contributed by atoms with Gasteiger partial charge in [0.05, 0.1) is 5.75 Å². The van der Waals surface area contributed by atoms with Crippen molar-refractivity contribution >= 4 is 15.9 Å². The van der Waals surface area contributed by atoms with Crippen molar-refractivity contribution in [1.82, 2.24) is 4.72 Å². The molecule has 0 bridgehead atoms. The van der Waals surface area contributed by atoms with Crippen molar-refractivity contribution in [1.29, 1.82) is 0 Å². The molecule has 0 saturated carbocycles. The van der Waals surface area contributed by atoms with E-state index < -0.39 is 15.9 Å². The van der Waals surface area contributed by atoms with Crippen LogP contribution in [0.2, 0.25) is 0 Å². The van der Waals surface area contributed by atoms with E-state index in [-0.39, 0.29) is 11.7 Å². The summed E-state index contributed by atoms with van der Waals surface area (Å²) < 4.78 is 25.2. The van der Waals surface area contributed by atoms with Gasteiger partial charge in [0.2, 0.25) is 15.9 Å². The van der Waals surface area contributed by atoms with Gasteiger partial charge in [-0.25, -0.2) is 8.42 Å². The van der Waals surface area contributed by atoms with Crippen LogP contribution in [0.15, 0.2) is 30.3 Å². The van der Waals surface area contributed by atoms with Gasteiger partial charge in [0.15, 0.2) is 0 Å². The fourth-order valence-corrected chi connectivity index (χ4v) is 2.37. The molecule has 1 N–H and O–H groups in total. The molecular weight excluding hydrogens is 238 g/mol. The van der Waals surface area contributed by atoms with Crippen molar-refractivity contribution in [2.45, 2.75) is 20.3 Å². The molecule has 4 nitrogen and oxygen atoms in total. The number of rotatable bonds is 5. The predicted octanol–water partition coefficient (Wildman–Crippen LogP) is 1.33. The van der Waals surface area contributed by atoms with Crippen LogP contribution in [-0.2, 0) is 21.2 Å². The van der Waals surface area contributed by atoms with Crippen LogP contribution in [0.1, 0.15) is 19.4 Å². The zero-order valence-corrected chi connectivity index (χ0v) is 10.8. The van der Waals surface area contributed by atoms with E-state index in [2.05, 4.69) is 4.72 Å². The Morgan fingerprint density at radius 2 is 1.82 bits per heavy atom. The first-order valence-electron chi connectivity index (χ1n) is 5.49. The van der Waals surface area contributed by atoms with Crippen LogP contribution in [-0.4, -0.2) is 20.1 Å². The molecule has 17 heavy (non-hydrogen) atoms. The van der Waals surface area contributed by atoms with Crippen LogP contribution < -0.4 is 4.72 Å². The largest absolute Gasteiger partial charge is 0.274 e. The first-order valence-corrected chi connectivity index (χ1v) is 7.14. The van der Waals surface area contributed by atoms with Gasteiger partial charge in [-0.15, -0.1) is 0 Å². The lowest BCUT2D eigenvalue weighted by Crippen LogP contribution is -2.35. The standard InChI is InChI=1S/C12H17NO3S/c1-10(2)12(14)13-17(15,16)9-8-11-6-4-3-5-7-11/h3-7,10H,8-9H2,1-2H3,(H,13,14). The SMILES string of the molecule is CC(C)C(=O)NS(=O)(=O)CCc1ccccc1. The topological polar surface area (TPSA) is 63.2 Å². The number of sulfonamides is 1. The number of nitrogens with one attached hydrogen (secondary N) is 1. The predicted molar refractivity (Wildman–Crippen MR) is 66.9 cm³/mol. The second-order valence-electron chi connectivity index (χ2n) is 4.18. The van der Waals surface area contributed by atoms with E-state index in [0.717, 1.165) is 5.56 Å². The zero-order valence-electron chi connectivity index (χ0n) is 10.0. The van der Waals surface area contributed by atoms with Gasteiger partial charge in [0.1, 0.15) is 0 Å². The number of benzene rings is 1. The molecule has 0 aliphatic carbocycles. The summed E-state index contributed by atoms with van der Waals surface area (Å²) in [7, 11) is -3.52. The maximum absolute atomic E-state index is 11.6. The van der Waals surface area contributed by atoms with Gasteiger partial charge in [-0.05, 0) is 12.0 Å². The fraction of sp³-hybridized carbons (Fsp3) is 0.417. The summed E-state index contributed by atoms with van der Waals surface area (Å²) in [5, 5.41) is 0. The van der Waals surface area contributed by atoms with Crippen LogP contribution in [0, 0.1) is 5.92 Å². The van der Waals surface area contributed by atoms with Gasteiger partial charge in [-0.1, -0.05) is 44.2 Å². The van der Waals surface area contributed by atoms with E-state index >= 15 is 0 Å². The molecule has 0 spiro atoms. The number of aryl methyl sites for hydroxylation is 1. The monoisotopic (exact) mass is 255 g/mol. The Kier molecular flexibility index (Phi) is 4.69. The molecule has 1 aromatic rings. The summed E-state index contributed by atoms with van der Waals surface area (Å²) in [6.45, 7) is 3.31. The summed E-state index contributed by atoms with van der Waals surface area (Å²) in [6.07, 6.45) is 0.404. The van der Waals surface area contributed by atoms with E-state index in [0.29, 0.717) is 6.42 Å². The quantitative estimate of drug-likeness (QED) is 0.863. The van der Waals surface area contributed by atoms with Crippen molar-refractivity contribution in [3.8, 4) is 0 Å². The molecule has 0 unspecified atom stereocenters. The average Bonchev–Trinajstić information content (AvgIpc) is 2.27. The smallest absolute Gasteiger partial charge is 0.235 e. The minimum atomic E-state index is -3.52. The number of carbonyl (C=O) groups is 1. The molecule has 0 aromatic heterocycles. The normalized spacial score (nSPS) is 11.5. The molecule has 0 atom stereocenters. The zero-order chi connectivity index (χ0) is 12.9. The highest BCUT2D eigenvalue weighted by Gasteiger charge is 2.16. The van der Waals surface area contributed by atoms with Crippen molar-refractivity contribution in [2.75, 3.05) is 5.75 Å². The van der Waals surface area contributed by atoms with E-state index in [4.69, 9.17) is 0 Å². The van der Waals surface area contributed by atoms with Crippen LogP contribution in [0.5, 0.6) is 0 Å². The Morgan fingerprint density at radius 3 is 2.35 bits per heavy atom. The molecule has 0 radical (unpaired) electrons. The van der Waals surface area contributed by atoms with E-state index in [1.54, 1.807) is 13.8 Å². The first-order chi connectivity index (χ1) is 7.91.